The van der Waals surface area contributed by atoms with E-state index in [4.69, 9.17) is 5.26 Å². The minimum atomic E-state index is 0.292. The molecule has 0 aromatic carbocycles. The normalized spacial score (nSPS) is 18.8. The van der Waals surface area contributed by atoms with Gasteiger partial charge in [-0.15, -0.1) is 0 Å². The van der Waals surface area contributed by atoms with Gasteiger partial charge in [-0.25, -0.2) is 0 Å². The van der Waals surface area contributed by atoms with E-state index in [-0.39, 0.29) is 0 Å². The summed E-state index contributed by atoms with van der Waals surface area (Å²) in [6.45, 7) is 2.14. The van der Waals surface area contributed by atoms with Gasteiger partial charge in [0.15, 0.2) is 0 Å². The van der Waals surface area contributed by atoms with Crippen LogP contribution < -0.4 is 0 Å². The molecule has 0 radical (unpaired) electrons. The molecule has 1 heterocycles. The van der Waals surface area contributed by atoms with Crippen LogP contribution in [0, 0.1) is 17.2 Å². The average Bonchev–Trinajstić information content (AvgIpc) is 2.85. The summed E-state index contributed by atoms with van der Waals surface area (Å²) < 4.78 is 2.04. The Kier molecular flexibility index (Phi) is 4.19. The second kappa shape index (κ2) is 5.86. The molecule has 0 saturated heterocycles. The zero-order chi connectivity index (χ0) is 12.1. The van der Waals surface area contributed by atoms with Gasteiger partial charge in [0.1, 0.15) is 0 Å². The Morgan fingerprint density at radius 2 is 2.24 bits per heavy atom. The molecular weight excluding hydrogens is 210 g/mol. The van der Waals surface area contributed by atoms with E-state index in [2.05, 4.69) is 24.3 Å². The van der Waals surface area contributed by atoms with Crippen molar-refractivity contribution in [3.8, 4) is 6.07 Å². The first-order chi connectivity index (χ1) is 8.35. The summed E-state index contributed by atoms with van der Waals surface area (Å²) in [5.41, 5.74) is 1.27. The monoisotopic (exact) mass is 231 g/mol. The highest BCUT2D eigenvalue weighted by Gasteiger charge is 2.25. The SMILES string of the molecule is CCc1cnn(C(CC#N)C2CCCCC2)c1. The molecule has 3 heteroatoms. The summed E-state index contributed by atoms with van der Waals surface area (Å²) in [4.78, 5) is 0. The van der Waals surface area contributed by atoms with Crippen molar-refractivity contribution < 1.29 is 0 Å². The van der Waals surface area contributed by atoms with Gasteiger partial charge in [-0.3, -0.25) is 4.68 Å². The lowest BCUT2D eigenvalue weighted by molar-refractivity contribution is 0.237. The fourth-order valence-electron chi connectivity index (χ4n) is 2.83. The molecule has 1 aromatic rings. The molecule has 0 bridgehead atoms. The van der Waals surface area contributed by atoms with Crippen LogP contribution in [0.5, 0.6) is 0 Å². The first-order valence-electron chi connectivity index (χ1n) is 6.75. The molecule has 1 aliphatic carbocycles. The van der Waals surface area contributed by atoms with Crippen molar-refractivity contribution >= 4 is 0 Å². The number of nitriles is 1. The average molecular weight is 231 g/mol. The van der Waals surface area contributed by atoms with Crippen molar-refractivity contribution in [2.75, 3.05) is 0 Å². The standard InChI is InChI=1S/C14H21N3/c1-2-12-10-16-17(11-12)14(8-9-15)13-6-4-3-5-7-13/h10-11,13-14H,2-8H2,1H3. The smallest absolute Gasteiger partial charge is 0.0677 e. The Hall–Kier alpha value is -1.30. The summed E-state index contributed by atoms with van der Waals surface area (Å²) >= 11 is 0. The minimum absolute atomic E-state index is 0.292. The highest BCUT2D eigenvalue weighted by molar-refractivity contribution is 5.04. The number of rotatable bonds is 4. The van der Waals surface area contributed by atoms with Crippen LogP contribution in [0.3, 0.4) is 0 Å². The van der Waals surface area contributed by atoms with E-state index < -0.39 is 0 Å². The first-order valence-corrected chi connectivity index (χ1v) is 6.75. The second-order valence-corrected chi connectivity index (χ2v) is 5.01. The molecule has 3 nitrogen and oxygen atoms in total. The molecule has 17 heavy (non-hydrogen) atoms. The molecule has 0 spiro atoms. The Morgan fingerprint density at radius 1 is 1.47 bits per heavy atom. The fraction of sp³-hybridized carbons (Fsp3) is 0.714. The van der Waals surface area contributed by atoms with Crippen LogP contribution in [0.1, 0.15) is 57.1 Å². The van der Waals surface area contributed by atoms with Crippen molar-refractivity contribution in [1.82, 2.24) is 9.78 Å². The summed E-state index contributed by atoms with van der Waals surface area (Å²) in [7, 11) is 0. The number of aryl methyl sites for hydroxylation is 1. The predicted molar refractivity (Wildman–Crippen MR) is 67.4 cm³/mol. The maximum atomic E-state index is 9.00. The van der Waals surface area contributed by atoms with E-state index in [1.807, 2.05) is 10.9 Å². The lowest BCUT2D eigenvalue weighted by atomic mass is 9.83. The molecule has 1 atom stereocenters. The Labute approximate surface area is 103 Å². The summed E-state index contributed by atoms with van der Waals surface area (Å²) in [6.07, 6.45) is 12.2. The molecule has 1 aromatic heterocycles. The Balaban J connectivity index is 2.12. The van der Waals surface area contributed by atoms with Gasteiger partial charge in [0.05, 0.1) is 24.7 Å². The fourth-order valence-corrected chi connectivity index (χ4v) is 2.83. The lowest BCUT2D eigenvalue weighted by Gasteiger charge is -2.29. The summed E-state index contributed by atoms with van der Waals surface area (Å²) in [5.74, 6) is 0.646. The third-order valence-electron chi connectivity index (χ3n) is 3.90. The summed E-state index contributed by atoms with van der Waals surface area (Å²) in [6, 6.07) is 2.62. The third kappa shape index (κ3) is 2.88. The van der Waals surface area contributed by atoms with Crippen molar-refractivity contribution in [3.05, 3.63) is 18.0 Å². The molecule has 0 amide bonds. The largest absolute Gasteiger partial charge is 0.268 e. The van der Waals surface area contributed by atoms with E-state index in [0.717, 1.165) is 6.42 Å². The maximum absolute atomic E-state index is 9.00. The van der Waals surface area contributed by atoms with Gasteiger partial charge in [0.2, 0.25) is 0 Å². The molecule has 2 rings (SSSR count). The topological polar surface area (TPSA) is 41.6 Å². The van der Waals surface area contributed by atoms with Crippen LogP contribution in [0.2, 0.25) is 0 Å². The Bertz CT molecular complexity index is 382. The zero-order valence-corrected chi connectivity index (χ0v) is 10.6. The van der Waals surface area contributed by atoms with Gasteiger partial charge in [-0.05, 0) is 30.7 Å². The Morgan fingerprint density at radius 3 is 2.82 bits per heavy atom. The van der Waals surface area contributed by atoms with Gasteiger partial charge in [-0.1, -0.05) is 26.2 Å². The second-order valence-electron chi connectivity index (χ2n) is 5.01. The van der Waals surface area contributed by atoms with Crippen LogP contribution >= 0.6 is 0 Å². The van der Waals surface area contributed by atoms with Crippen LogP contribution in [0.15, 0.2) is 12.4 Å². The van der Waals surface area contributed by atoms with Crippen molar-refractivity contribution in [1.29, 1.82) is 5.26 Å². The first kappa shape index (κ1) is 12.2. The molecule has 92 valence electrons. The van der Waals surface area contributed by atoms with Gasteiger partial charge in [0, 0.05) is 6.20 Å². The molecule has 1 aliphatic rings. The van der Waals surface area contributed by atoms with Crippen molar-refractivity contribution in [3.63, 3.8) is 0 Å². The highest BCUT2D eigenvalue weighted by atomic mass is 15.3. The molecule has 0 N–H and O–H groups in total. The van der Waals surface area contributed by atoms with E-state index >= 15 is 0 Å². The number of hydrogen-bond acceptors (Lipinski definition) is 2. The maximum Gasteiger partial charge on any atom is 0.0677 e. The van der Waals surface area contributed by atoms with E-state index in [1.54, 1.807) is 0 Å². The highest BCUT2D eigenvalue weighted by Crippen LogP contribution is 2.34. The van der Waals surface area contributed by atoms with Gasteiger partial charge < -0.3 is 0 Å². The molecule has 1 unspecified atom stereocenters. The summed E-state index contributed by atoms with van der Waals surface area (Å²) in [5, 5.41) is 13.4. The minimum Gasteiger partial charge on any atom is -0.268 e. The molecular formula is C14H21N3. The van der Waals surface area contributed by atoms with Gasteiger partial charge >= 0.3 is 0 Å². The van der Waals surface area contributed by atoms with E-state index in [9.17, 15) is 0 Å². The third-order valence-corrected chi connectivity index (χ3v) is 3.90. The predicted octanol–water partition coefficient (Wildman–Crippen LogP) is 3.48. The van der Waals surface area contributed by atoms with Crippen LogP contribution in [0.4, 0.5) is 0 Å². The van der Waals surface area contributed by atoms with Crippen LogP contribution in [-0.2, 0) is 6.42 Å². The number of hydrogen-bond donors (Lipinski definition) is 0. The molecule has 0 aliphatic heterocycles. The van der Waals surface area contributed by atoms with Gasteiger partial charge in [0.25, 0.3) is 0 Å². The number of nitrogens with zero attached hydrogens (tertiary/aromatic N) is 3. The van der Waals surface area contributed by atoms with Crippen molar-refractivity contribution in [2.24, 2.45) is 5.92 Å². The quantitative estimate of drug-likeness (QED) is 0.796. The van der Waals surface area contributed by atoms with Crippen LogP contribution in [-0.4, -0.2) is 9.78 Å². The molecule has 1 saturated carbocycles. The lowest BCUT2D eigenvalue weighted by Crippen LogP contribution is -2.22. The van der Waals surface area contributed by atoms with E-state index in [1.165, 1.54) is 37.7 Å². The zero-order valence-electron chi connectivity index (χ0n) is 10.6. The number of aromatic nitrogens is 2. The van der Waals surface area contributed by atoms with Crippen molar-refractivity contribution in [2.45, 2.75) is 57.9 Å². The molecule has 1 fully saturated rings. The van der Waals surface area contributed by atoms with Gasteiger partial charge in [-0.2, -0.15) is 10.4 Å². The van der Waals surface area contributed by atoms with Crippen LogP contribution in [0.25, 0.3) is 0 Å². The van der Waals surface area contributed by atoms with E-state index in [0.29, 0.717) is 18.4 Å².